The Labute approximate surface area is 71.4 Å². The van der Waals surface area contributed by atoms with E-state index in [1.807, 2.05) is 0 Å². The van der Waals surface area contributed by atoms with Crippen LogP contribution in [0.25, 0.3) is 0 Å². The molecule has 0 bridgehead atoms. The Morgan fingerprint density at radius 3 is 1.22 bits per heavy atom. The number of hydrogen-bond donors (Lipinski definition) is 0. The highest BCUT2D eigenvalue weighted by molar-refractivity contribution is 9.79. The highest BCUT2D eigenvalue weighted by Crippen LogP contribution is 2.06. The van der Waals surface area contributed by atoms with Crippen LogP contribution >= 0.6 is 29.6 Å². The molecule has 0 aromatic rings. The average molecular weight is 282 g/mol. The molecule has 0 aliphatic rings. The largest absolute Gasteiger partial charge is 0.268 e. The molecule has 0 spiro atoms. The minimum atomic E-state index is -3.04. The molecule has 0 heterocycles. The average Bonchev–Trinajstić information content (AvgIpc) is 1.61. The van der Waals surface area contributed by atoms with Gasteiger partial charge in [-0.3, -0.25) is 0 Å². The second kappa shape index (κ2) is 7.02. The molecule has 0 unspecified atom stereocenters. The lowest BCUT2D eigenvalue weighted by Gasteiger charge is -1.68. The number of unbranched alkanes of at least 4 members (excludes halogenated alkanes) is 1. The van der Waals surface area contributed by atoms with Gasteiger partial charge in [0.2, 0.25) is 0 Å². The fourth-order valence-corrected chi connectivity index (χ4v) is 0. The lowest BCUT2D eigenvalue weighted by Crippen LogP contribution is -1.60. The molecule has 0 fully saturated rings. The number of hydrogen-bond acceptors (Lipinski definition) is 2. The third-order valence-corrected chi connectivity index (χ3v) is 0.500. The predicted octanol–water partition coefficient (Wildman–Crippen LogP) is 2.83. The first kappa shape index (κ1) is 12.6. The summed E-state index contributed by atoms with van der Waals surface area (Å²) in [6, 6.07) is 0. The molecular weight excluding hydrogens is 272 g/mol. The Hall–Kier alpha value is 0.910. The van der Waals surface area contributed by atoms with Crippen LogP contribution in [0.15, 0.2) is 0 Å². The van der Waals surface area contributed by atoms with Crippen molar-refractivity contribution in [2.75, 3.05) is 0 Å². The first-order chi connectivity index (χ1) is 3.91. The molecule has 0 aromatic heterocycles. The van der Waals surface area contributed by atoms with Gasteiger partial charge < -0.3 is 0 Å². The van der Waals surface area contributed by atoms with Gasteiger partial charge in [-0.25, -0.2) is 8.42 Å². The minimum absolute atomic E-state index is 1.32. The zero-order chi connectivity index (χ0) is 7.91. The van der Waals surface area contributed by atoms with E-state index in [4.69, 9.17) is 0 Å². The lowest BCUT2D eigenvalue weighted by molar-refractivity contribution is 0.625. The maximum absolute atomic E-state index is 9.47. The highest BCUT2D eigenvalue weighted by Gasteiger charge is 1.87. The molecule has 0 aliphatic heterocycles. The summed E-state index contributed by atoms with van der Waals surface area (Å²) in [4.78, 5) is 0. The fraction of sp³-hybridized carbons (Fsp3) is 1.00. The maximum Gasteiger partial charge on any atom is 0.268 e. The molecule has 0 rings (SSSR count). The van der Waals surface area contributed by atoms with Crippen molar-refractivity contribution in [2.45, 2.75) is 26.7 Å². The highest BCUT2D eigenvalue weighted by atomic mass is 79.9. The van der Waals surface area contributed by atoms with E-state index in [1.165, 1.54) is 12.8 Å². The Morgan fingerprint density at radius 1 is 1.11 bits per heavy atom. The first-order valence-corrected chi connectivity index (χ1v) is 7.72. The molecule has 58 valence electrons. The van der Waals surface area contributed by atoms with Gasteiger partial charge in [0.15, 0.2) is 0 Å². The molecule has 0 aromatic carbocycles. The molecule has 0 N–H and O–H groups in total. The molecule has 0 radical (unpaired) electrons. The van der Waals surface area contributed by atoms with Gasteiger partial charge in [0.1, 0.15) is 0 Å². The van der Waals surface area contributed by atoms with Crippen molar-refractivity contribution in [2.24, 2.45) is 0 Å². The van der Waals surface area contributed by atoms with E-state index in [0.29, 0.717) is 0 Å². The molecule has 2 nitrogen and oxygen atoms in total. The predicted molar refractivity (Wildman–Crippen MR) is 47.4 cm³/mol. The van der Waals surface area contributed by atoms with Gasteiger partial charge in [-0.1, -0.05) is 26.7 Å². The quantitative estimate of drug-likeness (QED) is 0.693. The van der Waals surface area contributed by atoms with Crippen LogP contribution in [0.5, 0.6) is 0 Å². The summed E-state index contributed by atoms with van der Waals surface area (Å²) in [6.45, 7) is 1.32. The molecular formula is C4H10Br2O2S. The topological polar surface area (TPSA) is 34.1 Å². The van der Waals surface area contributed by atoms with Crippen molar-refractivity contribution in [3.05, 3.63) is 0 Å². The van der Waals surface area contributed by atoms with E-state index < -0.39 is 6.70 Å². The third kappa shape index (κ3) is 117. The summed E-state index contributed by atoms with van der Waals surface area (Å²) < 4.78 is 18.9. The van der Waals surface area contributed by atoms with E-state index in [-0.39, 0.29) is 0 Å². The second-order valence-corrected chi connectivity index (χ2v) is 9.86. The first-order valence-electron chi connectivity index (χ1n) is 2.56. The van der Waals surface area contributed by atoms with Crippen molar-refractivity contribution < 1.29 is 8.42 Å². The second-order valence-electron chi connectivity index (χ2n) is 1.38. The van der Waals surface area contributed by atoms with E-state index in [9.17, 15) is 8.42 Å². The van der Waals surface area contributed by atoms with Gasteiger partial charge in [0, 0.05) is 0 Å². The molecule has 0 atom stereocenters. The molecule has 0 saturated heterocycles. The standard InChI is InChI=1S/C4H10.Br2O2S/c1-3-4-2;1-5(2,3)4/h3-4H2,1-2H3;. The van der Waals surface area contributed by atoms with Crippen molar-refractivity contribution in [3.63, 3.8) is 0 Å². The van der Waals surface area contributed by atoms with Crippen LogP contribution in [0.1, 0.15) is 26.7 Å². The van der Waals surface area contributed by atoms with Gasteiger partial charge >= 0.3 is 0 Å². The summed E-state index contributed by atoms with van der Waals surface area (Å²) in [5, 5.41) is 0. The van der Waals surface area contributed by atoms with E-state index in [0.717, 1.165) is 0 Å². The summed E-state index contributed by atoms with van der Waals surface area (Å²) in [5.74, 6) is 0. The van der Waals surface area contributed by atoms with Crippen LogP contribution in [-0.2, 0) is 6.70 Å². The molecule has 5 heteroatoms. The van der Waals surface area contributed by atoms with Crippen molar-refractivity contribution in [1.82, 2.24) is 0 Å². The molecule has 0 amide bonds. The number of halogens is 2. The SMILES string of the molecule is CCCC.O=S(=O)(Br)Br. The number of rotatable bonds is 1. The van der Waals surface area contributed by atoms with Crippen LogP contribution in [0, 0.1) is 0 Å². The summed E-state index contributed by atoms with van der Waals surface area (Å²) >= 11 is 4.53. The van der Waals surface area contributed by atoms with Crippen LogP contribution < -0.4 is 0 Å². The van der Waals surface area contributed by atoms with Crippen molar-refractivity contribution >= 4 is 36.3 Å². The van der Waals surface area contributed by atoms with Gasteiger partial charge in [0.25, 0.3) is 6.70 Å². The van der Waals surface area contributed by atoms with E-state index >= 15 is 0 Å². The Balaban J connectivity index is 0. The van der Waals surface area contributed by atoms with Gasteiger partial charge in [-0.05, 0) is 0 Å². The van der Waals surface area contributed by atoms with Crippen LogP contribution in [0.3, 0.4) is 0 Å². The Bertz CT molecular complexity index is 120. The van der Waals surface area contributed by atoms with E-state index in [2.05, 4.69) is 43.5 Å². The summed E-state index contributed by atoms with van der Waals surface area (Å²) in [5.41, 5.74) is 0. The van der Waals surface area contributed by atoms with E-state index in [1.54, 1.807) is 0 Å². The van der Waals surface area contributed by atoms with Crippen molar-refractivity contribution in [1.29, 1.82) is 0 Å². The summed E-state index contributed by atoms with van der Waals surface area (Å²) in [7, 11) is 0. The van der Waals surface area contributed by atoms with Crippen LogP contribution in [-0.4, -0.2) is 8.42 Å². The molecule has 0 saturated carbocycles. The Kier molecular flexibility index (Phi) is 9.81. The third-order valence-electron chi connectivity index (χ3n) is 0.500. The normalized spacial score (nSPS) is 9.78. The Morgan fingerprint density at radius 2 is 1.22 bits per heavy atom. The minimum Gasteiger partial charge on any atom is -0.205 e. The van der Waals surface area contributed by atoms with Gasteiger partial charge in [-0.15, -0.1) is 0 Å². The maximum atomic E-state index is 9.47. The summed E-state index contributed by atoms with van der Waals surface area (Å²) in [6.07, 6.45) is 2.64. The van der Waals surface area contributed by atoms with Gasteiger partial charge in [0.05, 0.1) is 29.6 Å². The smallest absolute Gasteiger partial charge is 0.205 e. The van der Waals surface area contributed by atoms with Crippen LogP contribution in [0.4, 0.5) is 0 Å². The molecule has 9 heavy (non-hydrogen) atoms. The fourth-order valence-electron chi connectivity index (χ4n) is 0. The monoisotopic (exact) mass is 280 g/mol. The zero-order valence-electron chi connectivity index (χ0n) is 5.39. The van der Waals surface area contributed by atoms with Crippen LogP contribution in [0.2, 0.25) is 0 Å². The van der Waals surface area contributed by atoms with Crippen molar-refractivity contribution in [3.8, 4) is 0 Å². The molecule has 0 aliphatic carbocycles. The zero-order valence-corrected chi connectivity index (χ0v) is 9.38. The lowest BCUT2D eigenvalue weighted by atomic mass is 10.4. The van der Waals surface area contributed by atoms with Gasteiger partial charge in [-0.2, -0.15) is 0 Å².